The fourth-order valence-electron chi connectivity index (χ4n) is 5.86. The summed E-state index contributed by atoms with van der Waals surface area (Å²) in [7, 11) is 0. The number of H-pyrrole nitrogens is 1. The summed E-state index contributed by atoms with van der Waals surface area (Å²) >= 11 is 0. The molecule has 0 radical (unpaired) electrons. The zero-order valence-electron chi connectivity index (χ0n) is 18.5. The minimum atomic E-state index is 0.113. The van der Waals surface area contributed by atoms with E-state index in [-0.39, 0.29) is 5.56 Å². The lowest BCUT2D eigenvalue weighted by Gasteiger charge is -2.38. The molecule has 1 aromatic carbocycles. The molecule has 0 bridgehead atoms. The van der Waals surface area contributed by atoms with Gasteiger partial charge in [-0.3, -0.25) is 9.69 Å². The van der Waals surface area contributed by atoms with Gasteiger partial charge >= 0.3 is 0 Å². The second kappa shape index (κ2) is 7.33. The van der Waals surface area contributed by atoms with E-state index in [9.17, 15) is 4.79 Å². The highest BCUT2D eigenvalue weighted by Gasteiger charge is 2.45. The summed E-state index contributed by atoms with van der Waals surface area (Å²) in [4.78, 5) is 26.0. The van der Waals surface area contributed by atoms with Crippen molar-refractivity contribution in [3.8, 4) is 0 Å². The van der Waals surface area contributed by atoms with E-state index in [1.165, 1.54) is 36.1 Å². The van der Waals surface area contributed by atoms with Crippen molar-refractivity contribution in [2.45, 2.75) is 57.9 Å². The highest BCUT2D eigenvalue weighted by atomic mass is 16.1. The topological polar surface area (TPSA) is 52.2 Å². The van der Waals surface area contributed by atoms with Gasteiger partial charge in [-0.25, -0.2) is 4.98 Å². The van der Waals surface area contributed by atoms with Crippen LogP contribution in [-0.4, -0.2) is 47.1 Å². The van der Waals surface area contributed by atoms with Gasteiger partial charge in [-0.15, -0.1) is 0 Å². The Balaban J connectivity index is 1.15. The van der Waals surface area contributed by atoms with Crippen molar-refractivity contribution in [1.29, 1.82) is 0 Å². The van der Waals surface area contributed by atoms with Crippen LogP contribution in [0.25, 0.3) is 5.57 Å². The van der Waals surface area contributed by atoms with Gasteiger partial charge < -0.3 is 9.88 Å². The van der Waals surface area contributed by atoms with Crippen LogP contribution in [0, 0.1) is 12.3 Å². The summed E-state index contributed by atoms with van der Waals surface area (Å²) in [6.07, 6.45) is 10.2. The molecule has 1 spiro atoms. The van der Waals surface area contributed by atoms with Gasteiger partial charge in [0.15, 0.2) is 0 Å². The number of nitrogens with zero attached hydrogens (tertiary/aromatic N) is 3. The van der Waals surface area contributed by atoms with E-state index in [2.05, 4.69) is 52.0 Å². The van der Waals surface area contributed by atoms with Crippen LogP contribution in [0.3, 0.4) is 0 Å². The molecule has 2 fully saturated rings. The predicted molar refractivity (Wildman–Crippen MR) is 125 cm³/mol. The van der Waals surface area contributed by atoms with Gasteiger partial charge in [-0.05, 0) is 80.6 Å². The molecular formula is C26H32N4O. The molecule has 1 saturated heterocycles. The van der Waals surface area contributed by atoms with Crippen LogP contribution in [-0.2, 0) is 12.8 Å². The highest BCUT2D eigenvalue weighted by molar-refractivity contribution is 5.63. The monoisotopic (exact) mass is 416 g/mol. The molecule has 31 heavy (non-hydrogen) atoms. The second-order valence-electron chi connectivity index (χ2n) is 10.2. The molecule has 162 valence electrons. The molecule has 3 aliphatic carbocycles. The SMILES string of the molecule is Cc1cccc(N2CCN([C@H]3C=C(c4nc5c(c(=O)[nH]4)CC4(CC5)CC4)CC3)CC2)c1. The Labute approximate surface area is 184 Å². The number of aromatic amines is 1. The number of rotatable bonds is 3. The fraction of sp³-hybridized carbons (Fsp3) is 0.538. The molecule has 1 aromatic heterocycles. The molecule has 6 rings (SSSR count). The number of benzene rings is 1. The number of hydrogen-bond donors (Lipinski definition) is 1. The van der Waals surface area contributed by atoms with Crippen LogP contribution in [0.4, 0.5) is 5.69 Å². The summed E-state index contributed by atoms with van der Waals surface area (Å²) in [6.45, 7) is 6.46. The summed E-state index contributed by atoms with van der Waals surface area (Å²) in [5.74, 6) is 0.830. The Morgan fingerprint density at radius 3 is 2.71 bits per heavy atom. The molecule has 1 N–H and O–H groups in total. The molecule has 2 aromatic rings. The minimum absolute atomic E-state index is 0.113. The van der Waals surface area contributed by atoms with E-state index in [0.29, 0.717) is 11.5 Å². The molecule has 1 saturated carbocycles. The zero-order valence-corrected chi connectivity index (χ0v) is 18.5. The molecular weight excluding hydrogens is 384 g/mol. The van der Waals surface area contributed by atoms with E-state index in [0.717, 1.165) is 68.9 Å². The summed E-state index contributed by atoms with van der Waals surface area (Å²) < 4.78 is 0. The van der Waals surface area contributed by atoms with Crippen molar-refractivity contribution in [3.63, 3.8) is 0 Å². The van der Waals surface area contributed by atoms with Crippen LogP contribution in [0.15, 0.2) is 35.1 Å². The second-order valence-corrected chi connectivity index (χ2v) is 10.2. The normalized spacial score (nSPS) is 24.9. The lowest BCUT2D eigenvalue weighted by molar-refractivity contribution is 0.214. The van der Waals surface area contributed by atoms with E-state index >= 15 is 0 Å². The van der Waals surface area contributed by atoms with E-state index in [1.54, 1.807) is 0 Å². The van der Waals surface area contributed by atoms with Crippen molar-refractivity contribution in [1.82, 2.24) is 14.9 Å². The first-order valence-corrected chi connectivity index (χ1v) is 12.0. The third kappa shape index (κ3) is 3.63. The van der Waals surface area contributed by atoms with Gasteiger partial charge in [0.05, 0.1) is 5.69 Å². The molecule has 5 heteroatoms. The number of aromatic nitrogens is 2. The summed E-state index contributed by atoms with van der Waals surface area (Å²) in [5.41, 5.74) is 6.48. The van der Waals surface area contributed by atoms with Crippen molar-refractivity contribution in [3.05, 3.63) is 63.3 Å². The first-order chi connectivity index (χ1) is 15.1. The average molecular weight is 417 g/mol. The maximum Gasteiger partial charge on any atom is 0.254 e. The molecule has 1 atom stereocenters. The van der Waals surface area contributed by atoms with Crippen molar-refractivity contribution in [2.24, 2.45) is 5.41 Å². The Morgan fingerprint density at radius 2 is 1.94 bits per heavy atom. The van der Waals surface area contributed by atoms with Crippen LogP contribution in [0.5, 0.6) is 0 Å². The maximum atomic E-state index is 12.8. The lowest BCUT2D eigenvalue weighted by Crippen LogP contribution is -2.49. The Bertz CT molecular complexity index is 1090. The van der Waals surface area contributed by atoms with Gasteiger partial charge in [0, 0.05) is 43.5 Å². The van der Waals surface area contributed by atoms with Gasteiger partial charge in [0.2, 0.25) is 0 Å². The largest absolute Gasteiger partial charge is 0.369 e. The molecule has 4 aliphatic rings. The number of allylic oxidation sites excluding steroid dienone is 1. The molecule has 2 heterocycles. The zero-order chi connectivity index (χ0) is 21.0. The van der Waals surface area contributed by atoms with E-state index in [4.69, 9.17) is 4.98 Å². The fourth-order valence-corrected chi connectivity index (χ4v) is 5.86. The van der Waals surface area contributed by atoms with E-state index < -0.39 is 0 Å². The minimum Gasteiger partial charge on any atom is -0.369 e. The first kappa shape index (κ1) is 19.3. The molecule has 0 amide bonds. The molecule has 1 aliphatic heterocycles. The number of nitrogens with one attached hydrogen (secondary N) is 1. The third-order valence-electron chi connectivity index (χ3n) is 8.06. The number of hydrogen-bond acceptors (Lipinski definition) is 4. The standard InChI is InChI=1S/C26H32N4O/c1-18-3-2-4-20(15-18)29-11-13-30(14-12-29)21-6-5-19(16-21)24-27-23-7-8-26(9-10-26)17-22(23)25(31)28-24/h2-4,15-16,21H,5-14,17H2,1H3,(H,27,28,31)/t21-/m1/s1. The van der Waals surface area contributed by atoms with Crippen molar-refractivity contribution >= 4 is 11.3 Å². The third-order valence-corrected chi connectivity index (χ3v) is 8.06. The van der Waals surface area contributed by atoms with Crippen LogP contribution in [0.1, 0.15) is 54.7 Å². The van der Waals surface area contributed by atoms with Crippen LogP contribution >= 0.6 is 0 Å². The molecule has 5 nitrogen and oxygen atoms in total. The predicted octanol–water partition coefficient (Wildman–Crippen LogP) is 3.72. The number of anilines is 1. The lowest BCUT2D eigenvalue weighted by atomic mass is 9.84. The Hall–Kier alpha value is -2.40. The average Bonchev–Trinajstić information content (AvgIpc) is 3.34. The Morgan fingerprint density at radius 1 is 1.10 bits per heavy atom. The van der Waals surface area contributed by atoms with Crippen molar-refractivity contribution in [2.75, 3.05) is 31.1 Å². The van der Waals surface area contributed by atoms with Gasteiger partial charge in [-0.1, -0.05) is 18.2 Å². The number of aryl methyl sites for hydroxylation is 2. The summed E-state index contributed by atoms with van der Waals surface area (Å²) in [6, 6.07) is 9.28. The molecule has 0 unspecified atom stereocenters. The first-order valence-electron chi connectivity index (χ1n) is 12.0. The van der Waals surface area contributed by atoms with Gasteiger partial charge in [-0.2, -0.15) is 0 Å². The van der Waals surface area contributed by atoms with Gasteiger partial charge in [0.25, 0.3) is 5.56 Å². The Kier molecular flexibility index (Phi) is 4.57. The smallest absolute Gasteiger partial charge is 0.254 e. The number of fused-ring (bicyclic) bond motifs is 1. The van der Waals surface area contributed by atoms with Crippen LogP contribution < -0.4 is 10.5 Å². The van der Waals surface area contributed by atoms with Crippen LogP contribution in [0.2, 0.25) is 0 Å². The quantitative estimate of drug-likeness (QED) is 0.829. The highest BCUT2D eigenvalue weighted by Crippen LogP contribution is 2.53. The van der Waals surface area contributed by atoms with E-state index in [1.807, 2.05) is 0 Å². The maximum absolute atomic E-state index is 12.8. The number of piperazine rings is 1. The van der Waals surface area contributed by atoms with Crippen molar-refractivity contribution < 1.29 is 0 Å². The summed E-state index contributed by atoms with van der Waals surface area (Å²) in [5, 5.41) is 0. The van der Waals surface area contributed by atoms with Gasteiger partial charge in [0.1, 0.15) is 5.82 Å².